The molecule has 2 nitrogen and oxygen atoms in total. The van der Waals surface area contributed by atoms with Crippen molar-refractivity contribution in [3.8, 4) is 6.07 Å². The minimum atomic E-state index is 0.263. The molecule has 0 saturated heterocycles. The zero-order chi connectivity index (χ0) is 11.1. The highest BCUT2D eigenvalue weighted by molar-refractivity contribution is 4.97. The maximum absolute atomic E-state index is 8.97. The lowest BCUT2D eigenvalue weighted by molar-refractivity contribution is 0.388. The van der Waals surface area contributed by atoms with Gasteiger partial charge >= 0.3 is 0 Å². The fourth-order valence-corrected chi connectivity index (χ4v) is 2.46. The molecule has 3 atom stereocenters. The topological polar surface area (TPSA) is 35.8 Å². The molecule has 0 bridgehead atoms. The van der Waals surface area contributed by atoms with Crippen LogP contribution < -0.4 is 5.32 Å². The van der Waals surface area contributed by atoms with Gasteiger partial charge in [-0.2, -0.15) is 5.26 Å². The van der Waals surface area contributed by atoms with Crippen molar-refractivity contribution in [2.24, 2.45) is 5.92 Å². The molecule has 3 unspecified atom stereocenters. The quantitative estimate of drug-likeness (QED) is 0.680. The Morgan fingerprint density at radius 2 is 2.20 bits per heavy atom. The molecular weight excluding hydrogens is 184 g/mol. The molecule has 2 heteroatoms. The van der Waals surface area contributed by atoms with Gasteiger partial charge in [0.2, 0.25) is 0 Å². The van der Waals surface area contributed by atoms with Crippen LogP contribution in [0.15, 0.2) is 0 Å². The number of hydrogen-bond donors (Lipinski definition) is 1. The van der Waals surface area contributed by atoms with Crippen LogP contribution >= 0.6 is 0 Å². The van der Waals surface area contributed by atoms with Crippen LogP contribution in [-0.4, -0.2) is 12.1 Å². The van der Waals surface area contributed by atoms with Gasteiger partial charge in [-0.3, -0.25) is 0 Å². The van der Waals surface area contributed by atoms with Gasteiger partial charge in [-0.15, -0.1) is 0 Å². The average molecular weight is 208 g/mol. The van der Waals surface area contributed by atoms with Crippen LogP contribution in [0.2, 0.25) is 0 Å². The Balaban J connectivity index is 2.19. The molecule has 0 aromatic carbocycles. The van der Waals surface area contributed by atoms with Crippen molar-refractivity contribution in [1.29, 1.82) is 5.26 Å². The molecule has 0 aromatic rings. The first-order chi connectivity index (χ1) is 7.27. The summed E-state index contributed by atoms with van der Waals surface area (Å²) in [6, 6.07) is 3.47. The smallest absolute Gasteiger partial charge is 0.0672 e. The van der Waals surface area contributed by atoms with Crippen LogP contribution in [0.1, 0.15) is 58.8 Å². The molecule has 0 heterocycles. The van der Waals surface area contributed by atoms with Crippen molar-refractivity contribution in [1.82, 2.24) is 5.32 Å². The van der Waals surface area contributed by atoms with Crippen molar-refractivity contribution in [2.75, 3.05) is 0 Å². The Hall–Kier alpha value is -0.550. The summed E-state index contributed by atoms with van der Waals surface area (Å²) in [4.78, 5) is 0. The molecule has 0 radical (unpaired) electrons. The average Bonchev–Trinajstić information content (AvgIpc) is 2.65. The van der Waals surface area contributed by atoms with Crippen LogP contribution in [0.3, 0.4) is 0 Å². The number of nitriles is 1. The summed E-state index contributed by atoms with van der Waals surface area (Å²) in [6.45, 7) is 4.49. The molecule has 0 aromatic heterocycles. The first-order valence-corrected chi connectivity index (χ1v) is 6.43. The van der Waals surface area contributed by atoms with E-state index in [9.17, 15) is 0 Å². The first-order valence-electron chi connectivity index (χ1n) is 6.43. The van der Waals surface area contributed by atoms with E-state index in [-0.39, 0.29) is 5.92 Å². The molecule has 0 aliphatic heterocycles. The minimum absolute atomic E-state index is 0.263. The van der Waals surface area contributed by atoms with Gasteiger partial charge in [0.1, 0.15) is 0 Å². The second-order valence-corrected chi connectivity index (χ2v) is 4.84. The van der Waals surface area contributed by atoms with Crippen LogP contribution in [0, 0.1) is 17.2 Å². The molecule has 1 aliphatic carbocycles. The van der Waals surface area contributed by atoms with E-state index in [1.807, 2.05) is 0 Å². The van der Waals surface area contributed by atoms with E-state index in [0.717, 1.165) is 6.42 Å². The Labute approximate surface area is 94.1 Å². The minimum Gasteiger partial charge on any atom is -0.310 e. The third kappa shape index (κ3) is 4.22. The van der Waals surface area contributed by atoms with Gasteiger partial charge in [-0.05, 0) is 26.2 Å². The molecule has 1 fully saturated rings. The zero-order valence-electron chi connectivity index (χ0n) is 10.1. The lowest BCUT2D eigenvalue weighted by Gasteiger charge is -2.21. The number of hydrogen-bond acceptors (Lipinski definition) is 2. The fraction of sp³-hybridized carbons (Fsp3) is 0.923. The molecular formula is C13H24N2. The van der Waals surface area contributed by atoms with Crippen molar-refractivity contribution in [2.45, 2.75) is 70.9 Å². The third-order valence-corrected chi connectivity index (χ3v) is 3.42. The van der Waals surface area contributed by atoms with Gasteiger partial charge < -0.3 is 5.32 Å². The van der Waals surface area contributed by atoms with Gasteiger partial charge in [0.15, 0.2) is 0 Å². The maximum Gasteiger partial charge on any atom is 0.0672 e. The van der Waals surface area contributed by atoms with Gasteiger partial charge in [0.25, 0.3) is 0 Å². The van der Waals surface area contributed by atoms with E-state index >= 15 is 0 Å². The van der Waals surface area contributed by atoms with E-state index in [2.05, 4.69) is 25.2 Å². The Morgan fingerprint density at radius 1 is 1.40 bits per heavy atom. The number of unbranched alkanes of at least 4 members (excludes halogenated alkanes) is 2. The molecule has 1 saturated carbocycles. The van der Waals surface area contributed by atoms with Crippen molar-refractivity contribution >= 4 is 0 Å². The SMILES string of the molecule is CCCCCC(C)NC1CCCC1C#N. The highest BCUT2D eigenvalue weighted by atomic mass is 15.0. The predicted molar refractivity (Wildman–Crippen MR) is 63.5 cm³/mol. The third-order valence-electron chi connectivity index (χ3n) is 3.42. The second-order valence-electron chi connectivity index (χ2n) is 4.84. The molecule has 1 N–H and O–H groups in total. The highest BCUT2D eigenvalue weighted by Gasteiger charge is 2.27. The second kappa shape index (κ2) is 6.85. The Morgan fingerprint density at radius 3 is 2.87 bits per heavy atom. The van der Waals surface area contributed by atoms with E-state index in [1.54, 1.807) is 0 Å². The standard InChI is InChI=1S/C13H24N2/c1-3-4-5-7-11(2)15-13-9-6-8-12(13)10-14/h11-13,15H,3-9H2,1-2H3. The van der Waals surface area contributed by atoms with Crippen molar-refractivity contribution in [3.05, 3.63) is 0 Å². The van der Waals surface area contributed by atoms with Gasteiger partial charge in [0.05, 0.1) is 12.0 Å². The lowest BCUT2D eigenvalue weighted by Crippen LogP contribution is -2.38. The van der Waals surface area contributed by atoms with Gasteiger partial charge in [-0.1, -0.05) is 32.6 Å². The molecule has 86 valence electrons. The maximum atomic E-state index is 8.97. The largest absolute Gasteiger partial charge is 0.310 e. The van der Waals surface area contributed by atoms with E-state index in [4.69, 9.17) is 5.26 Å². The normalized spacial score (nSPS) is 27.5. The molecule has 1 rings (SSSR count). The van der Waals surface area contributed by atoms with E-state index in [1.165, 1.54) is 38.5 Å². The predicted octanol–water partition coefficient (Wildman–Crippen LogP) is 3.24. The Bertz CT molecular complexity index is 207. The van der Waals surface area contributed by atoms with E-state index < -0.39 is 0 Å². The summed E-state index contributed by atoms with van der Waals surface area (Å²) in [5.74, 6) is 0.263. The van der Waals surface area contributed by atoms with Gasteiger partial charge in [-0.25, -0.2) is 0 Å². The summed E-state index contributed by atoms with van der Waals surface area (Å²) in [7, 11) is 0. The monoisotopic (exact) mass is 208 g/mol. The summed E-state index contributed by atoms with van der Waals surface area (Å²) in [5.41, 5.74) is 0. The van der Waals surface area contributed by atoms with Crippen LogP contribution in [-0.2, 0) is 0 Å². The van der Waals surface area contributed by atoms with Crippen LogP contribution in [0.5, 0.6) is 0 Å². The van der Waals surface area contributed by atoms with Crippen LogP contribution in [0.25, 0.3) is 0 Å². The van der Waals surface area contributed by atoms with Crippen molar-refractivity contribution in [3.63, 3.8) is 0 Å². The van der Waals surface area contributed by atoms with Gasteiger partial charge in [0, 0.05) is 12.1 Å². The summed E-state index contributed by atoms with van der Waals surface area (Å²) in [6.07, 6.45) is 8.69. The van der Waals surface area contributed by atoms with Crippen molar-refractivity contribution < 1.29 is 0 Å². The molecule has 0 spiro atoms. The Kier molecular flexibility index (Phi) is 5.71. The molecule has 0 amide bonds. The molecule has 15 heavy (non-hydrogen) atoms. The van der Waals surface area contributed by atoms with E-state index in [0.29, 0.717) is 12.1 Å². The summed E-state index contributed by atoms with van der Waals surface area (Å²) < 4.78 is 0. The lowest BCUT2D eigenvalue weighted by atomic mass is 10.0. The summed E-state index contributed by atoms with van der Waals surface area (Å²) >= 11 is 0. The number of nitrogens with one attached hydrogen (secondary N) is 1. The van der Waals surface area contributed by atoms with Crippen LogP contribution in [0.4, 0.5) is 0 Å². The molecule has 1 aliphatic rings. The zero-order valence-corrected chi connectivity index (χ0v) is 10.1. The number of nitrogens with zero attached hydrogens (tertiary/aromatic N) is 1. The summed E-state index contributed by atoms with van der Waals surface area (Å²) in [5, 5.41) is 12.6. The highest BCUT2D eigenvalue weighted by Crippen LogP contribution is 2.25. The first kappa shape index (κ1) is 12.5. The number of rotatable bonds is 6. The fourth-order valence-electron chi connectivity index (χ4n) is 2.46.